The first-order chi connectivity index (χ1) is 25.0. The molecule has 2 saturated heterocycles. The zero-order valence-electron chi connectivity index (χ0n) is 30.2. The minimum Gasteiger partial charge on any atom is -0.508 e. The first kappa shape index (κ1) is 36.6. The molecule has 2 fully saturated rings. The summed E-state index contributed by atoms with van der Waals surface area (Å²) in [6.45, 7) is 9.98. The molecule has 1 aromatic heterocycles. The lowest BCUT2D eigenvalue weighted by Crippen LogP contribution is -2.66. The van der Waals surface area contributed by atoms with Crippen LogP contribution in [-0.4, -0.2) is 49.5 Å². The van der Waals surface area contributed by atoms with Gasteiger partial charge in [-0.25, -0.2) is 0 Å². The summed E-state index contributed by atoms with van der Waals surface area (Å²) >= 11 is 7.99. The maximum atomic E-state index is 14.1. The van der Waals surface area contributed by atoms with Gasteiger partial charge in [0.2, 0.25) is 11.8 Å². The lowest BCUT2D eigenvalue weighted by Gasteiger charge is -2.44. The molecule has 4 atom stereocenters. The van der Waals surface area contributed by atoms with Gasteiger partial charge in [-0.3, -0.25) is 14.5 Å². The van der Waals surface area contributed by atoms with Crippen molar-refractivity contribution in [2.24, 2.45) is 17.8 Å². The van der Waals surface area contributed by atoms with Crippen molar-refractivity contribution in [3.05, 3.63) is 129 Å². The molecule has 0 spiro atoms. The van der Waals surface area contributed by atoms with Gasteiger partial charge in [0.1, 0.15) is 5.75 Å². The van der Waals surface area contributed by atoms with E-state index in [1.165, 1.54) is 15.3 Å². The molecular formula is C43H46ClNO5SSi. The summed E-state index contributed by atoms with van der Waals surface area (Å²) in [5.74, 6) is -1.08. The minimum atomic E-state index is -2.88. The maximum Gasteiger partial charge on any atom is 0.261 e. The molecule has 3 aliphatic rings. The van der Waals surface area contributed by atoms with Crippen molar-refractivity contribution in [3.63, 3.8) is 0 Å². The smallest absolute Gasteiger partial charge is 0.261 e. The van der Waals surface area contributed by atoms with E-state index in [4.69, 9.17) is 20.8 Å². The summed E-state index contributed by atoms with van der Waals surface area (Å²) in [7, 11) is -2.88. The number of allylic oxidation sites excluding steroid dienone is 1. The average molecular weight is 752 g/mol. The number of carbonyl (C=O) groups excluding carboxylic acids is 2. The Morgan fingerprint density at radius 2 is 1.67 bits per heavy atom. The molecule has 0 bridgehead atoms. The lowest BCUT2D eigenvalue weighted by atomic mass is 9.69. The number of fused-ring (bicyclic) bond motifs is 3. The quantitative estimate of drug-likeness (QED) is 0.0947. The number of ether oxygens (including phenoxy) is 1. The van der Waals surface area contributed by atoms with Crippen molar-refractivity contribution in [2.75, 3.05) is 13.2 Å². The zero-order chi connectivity index (χ0) is 36.6. The van der Waals surface area contributed by atoms with Gasteiger partial charge in [-0.2, -0.15) is 0 Å². The third-order valence-corrected chi connectivity index (χ3v) is 17.2. The van der Waals surface area contributed by atoms with Crippen LogP contribution in [0.2, 0.25) is 10.1 Å². The second-order valence-electron chi connectivity index (χ2n) is 15.4. The summed E-state index contributed by atoms with van der Waals surface area (Å²) in [6.07, 6.45) is 3.82. The highest BCUT2D eigenvalue weighted by atomic mass is 35.5. The van der Waals surface area contributed by atoms with E-state index in [0.717, 1.165) is 40.0 Å². The number of likely N-dealkylation sites (tertiary alicyclic amines) is 1. The van der Waals surface area contributed by atoms with Crippen LogP contribution in [0.5, 0.6) is 5.75 Å². The number of aromatic hydroxyl groups is 1. The summed E-state index contributed by atoms with van der Waals surface area (Å²) in [5.41, 5.74) is 4.23. The number of benzene rings is 3. The Morgan fingerprint density at radius 3 is 2.29 bits per heavy atom. The fraction of sp³-hybridized carbons (Fsp3) is 0.349. The molecule has 0 unspecified atom stereocenters. The summed E-state index contributed by atoms with van der Waals surface area (Å²) < 4.78 is 14.1. The average Bonchev–Trinajstić information content (AvgIpc) is 3.86. The second-order valence-corrected chi connectivity index (χ2v) is 21.1. The van der Waals surface area contributed by atoms with Gasteiger partial charge in [0.05, 0.1) is 42.7 Å². The Kier molecular flexibility index (Phi) is 10.5. The van der Waals surface area contributed by atoms with Crippen molar-refractivity contribution in [3.8, 4) is 5.75 Å². The number of carbonyl (C=O) groups is 2. The second kappa shape index (κ2) is 14.9. The van der Waals surface area contributed by atoms with Gasteiger partial charge in [0.25, 0.3) is 8.32 Å². The van der Waals surface area contributed by atoms with Crippen LogP contribution >= 0.6 is 22.9 Å². The van der Waals surface area contributed by atoms with E-state index >= 15 is 0 Å². The predicted molar refractivity (Wildman–Crippen MR) is 211 cm³/mol. The number of thiophene rings is 1. The highest BCUT2D eigenvalue weighted by Crippen LogP contribution is 2.51. The van der Waals surface area contributed by atoms with Crippen molar-refractivity contribution in [2.45, 2.75) is 64.6 Å². The zero-order valence-corrected chi connectivity index (χ0v) is 32.8. The number of hydrogen-bond donors (Lipinski definition) is 1. The van der Waals surface area contributed by atoms with Crippen LogP contribution in [-0.2, 0) is 25.3 Å². The van der Waals surface area contributed by atoms with E-state index in [1.54, 1.807) is 23.5 Å². The molecule has 270 valence electrons. The Hall–Kier alpha value is -3.79. The minimum absolute atomic E-state index is 0.0832. The van der Waals surface area contributed by atoms with Crippen molar-refractivity contribution in [1.29, 1.82) is 0 Å². The van der Waals surface area contributed by atoms with Crippen LogP contribution in [0.4, 0.5) is 0 Å². The van der Waals surface area contributed by atoms with Gasteiger partial charge in [-0.15, -0.1) is 11.3 Å². The van der Waals surface area contributed by atoms with Gasteiger partial charge in [0, 0.05) is 10.8 Å². The van der Waals surface area contributed by atoms with E-state index in [-0.39, 0.29) is 34.6 Å². The molecule has 2 aliphatic heterocycles. The molecule has 1 aliphatic carbocycles. The number of nitrogens with zero attached hydrogens (tertiary/aromatic N) is 1. The number of phenolic OH excluding ortho intramolecular Hbond substituents is 1. The summed E-state index contributed by atoms with van der Waals surface area (Å²) in [6, 6.07) is 30.2. The first-order valence-corrected chi connectivity index (χ1v) is 21.3. The number of imide groups is 1. The first-order valence-electron chi connectivity index (χ1n) is 18.1. The van der Waals surface area contributed by atoms with Gasteiger partial charge in [-0.05, 0) is 88.0 Å². The van der Waals surface area contributed by atoms with Crippen molar-refractivity contribution < 1.29 is 23.9 Å². The Balaban J connectivity index is 1.25. The fourth-order valence-corrected chi connectivity index (χ4v) is 14.1. The standard InChI is InChI=1S/C43H46ClNO5SSi/c1-28(22-29-18-19-31(46)24-37(29)44)17-20-38-39-30(23-35-40(36(39)27-49-38)42(48)45(41(35)47)25-32-12-11-21-51-32)26-50-52(43(2,3)4,33-13-7-5-8-14-33)34-15-9-6-10-16-34/h5-16,18-19,21-22,24,35-36,38,40,46H,17,20,23,25-27H2,1-4H3/b28-22+/t35-,36+,38-,40-/m1/s1. The fourth-order valence-electron chi connectivity index (χ4n) is 8.67. The molecule has 4 aromatic rings. The van der Waals surface area contributed by atoms with Gasteiger partial charge < -0.3 is 14.3 Å². The van der Waals surface area contributed by atoms with Gasteiger partial charge in [0.15, 0.2) is 0 Å². The third kappa shape index (κ3) is 6.87. The monoisotopic (exact) mass is 751 g/mol. The normalized spacial score (nSPS) is 22.2. The Labute approximate surface area is 316 Å². The largest absolute Gasteiger partial charge is 0.508 e. The van der Waals surface area contributed by atoms with E-state index in [2.05, 4.69) is 76.2 Å². The van der Waals surface area contributed by atoms with Crippen LogP contribution in [0.1, 0.15) is 57.4 Å². The lowest BCUT2D eigenvalue weighted by molar-refractivity contribution is -0.140. The molecule has 9 heteroatoms. The molecule has 0 saturated carbocycles. The molecule has 0 radical (unpaired) electrons. The number of amides is 2. The molecule has 7 rings (SSSR count). The van der Waals surface area contributed by atoms with Crippen LogP contribution < -0.4 is 10.4 Å². The van der Waals surface area contributed by atoms with Crippen LogP contribution in [0.25, 0.3) is 6.08 Å². The van der Waals surface area contributed by atoms with E-state index in [1.807, 2.05) is 41.8 Å². The molecule has 6 nitrogen and oxygen atoms in total. The molecular weight excluding hydrogens is 706 g/mol. The maximum absolute atomic E-state index is 14.1. The van der Waals surface area contributed by atoms with Gasteiger partial charge >= 0.3 is 0 Å². The Bertz CT molecular complexity index is 1950. The number of hydrogen-bond acceptors (Lipinski definition) is 6. The molecule has 1 N–H and O–H groups in total. The van der Waals surface area contributed by atoms with Crippen molar-refractivity contribution >= 4 is 59.5 Å². The molecule has 3 aromatic carbocycles. The molecule has 3 heterocycles. The molecule has 2 amide bonds. The van der Waals surface area contributed by atoms with Crippen molar-refractivity contribution in [1.82, 2.24) is 4.90 Å². The number of halogens is 1. The summed E-state index contributed by atoms with van der Waals surface area (Å²) in [5, 5.41) is 14.5. The van der Waals surface area contributed by atoms with E-state index in [9.17, 15) is 14.7 Å². The summed E-state index contributed by atoms with van der Waals surface area (Å²) in [4.78, 5) is 30.7. The SMILES string of the molecule is C/C(=C\c1ccc(O)cc1Cl)CC[C@H]1OC[C@H]2C1=C(CO[Si](c1ccccc1)(c1ccccc1)C(C)(C)C)C[C@H]1C(=O)N(Cc3cccs3)C(=O)[C@H]12. The van der Waals surface area contributed by atoms with E-state index in [0.29, 0.717) is 31.2 Å². The highest BCUT2D eigenvalue weighted by Gasteiger charge is 2.58. The van der Waals surface area contributed by atoms with Crippen LogP contribution in [0.3, 0.4) is 0 Å². The highest BCUT2D eigenvalue weighted by molar-refractivity contribution is 7.09. The van der Waals surface area contributed by atoms with Crippen LogP contribution in [0, 0.1) is 17.8 Å². The predicted octanol–water partition coefficient (Wildman–Crippen LogP) is 8.38. The Morgan fingerprint density at radius 1 is 0.981 bits per heavy atom. The number of rotatable bonds is 11. The topological polar surface area (TPSA) is 76.1 Å². The van der Waals surface area contributed by atoms with Gasteiger partial charge in [-0.1, -0.05) is 111 Å². The van der Waals surface area contributed by atoms with Crippen LogP contribution in [0.15, 0.2) is 113 Å². The number of phenols is 1. The molecule has 52 heavy (non-hydrogen) atoms. The van der Waals surface area contributed by atoms with E-state index < -0.39 is 20.2 Å². The third-order valence-electron chi connectivity index (χ3n) is 11.1.